The van der Waals surface area contributed by atoms with Crippen molar-refractivity contribution in [2.24, 2.45) is 0 Å². The summed E-state index contributed by atoms with van der Waals surface area (Å²) in [6.07, 6.45) is 8.18. The fourth-order valence-corrected chi connectivity index (χ4v) is 2.53. The Bertz CT molecular complexity index is 439. The highest BCUT2D eigenvalue weighted by Crippen LogP contribution is 2.18. The van der Waals surface area contributed by atoms with Gasteiger partial charge in [0.2, 0.25) is 0 Å². The number of rotatable bonds is 3. The van der Waals surface area contributed by atoms with Crippen molar-refractivity contribution in [1.29, 1.82) is 0 Å². The van der Waals surface area contributed by atoms with Gasteiger partial charge in [-0.3, -0.25) is 0 Å². The largest absolute Gasteiger partial charge is 0.335 e. The Morgan fingerprint density at radius 2 is 2.00 bits per heavy atom. The average molecular weight is 309 g/mol. The second kappa shape index (κ2) is 6.59. The second-order valence-electron chi connectivity index (χ2n) is 4.45. The third kappa shape index (κ3) is 3.88. The molecule has 1 saturated carbocycles. The van der Waals surface area contributed by atoms with Crippen molar-refractivity contribution in [3.05, 3.63) is 40.5 Å². The van der Waals surface area contributed by atoms with E-state index in [9.17, 15) is 4.79 Å². The third-order valence-corrected chi connectivity index (χ3v) is 3.80. The van der Waals surface area contributed by atoms with Gasteiger partial charge in [0.15, 0.2) is 0 Å². The number of halogens is 1. The number of amides is 2. The maximum absolute atomic E-state index is 11.6. The van der Waals surface area contributed by atoms with Crippen molar-refractivity contribution in [1.82, 2.24) is 10.6 Å². The summed E-state index contributed by atoms with van der Waals surface area (Å²) < 4.78 is 1.01. The van der Waals surface area contributed by atoms with Crippen LogP contribution >= 0.6 is 15.9 Å². The molecule has 2 amide bonds. The molecule has 0 radical (unpaired) electrons. The molecule has 18 heavy (non-hydrogen) atoms. The van der Waals surface area contributed by atoms with Gasteiger partial charge < -0.3 is 10.6 Å². The zero-order chi connectivity index (χ0) is 12.8. The Balaban J connectivity index is 1.80. The molecule has 96 valence electrons. The normalized spacial score (nSPS) is 16.1. The monoisotopic (exact) mass is 308 g/mol. The molecule has 1 aromatic rings. The maximum atomic E-state index is 11.6. The second-order valence-corrected chi connectivity index (χ2v) is 5.31. The Hall–Kier alpha value is -1.29. The minimum Gasteiger partial charge on any atom is -0.335 e. The van der Waals surface area contributed by atoms with E-state index in [0.717, 1.165) is 22.9 Å². The first-order valence-corrected chi connectivity index (χ1v) is 7.03. The Kier molecular flexibility index (Phi) is 4.81. The molecule has 0 aliphatic heterocycles. The predicted molar refractivity (Wildman–Crippen MR) is 77.1 cm³/mol. The van der Waals surface area contributed by atoms with Gasteiger partial charge in [0.1, 0.15) is 0 Å². The van der Waals surface area contributed by atoms with E-state index in [1.165, 1.54) is 12.8 Å². The van der Waals surface area contributed by atoms with E-state index < -0.39 is 0 Å². The number of benzene rings is 1. The summed E-state index contributed by atoms with van der Waals surface area (Å²) in [6.45, 7) is 0. The van der Waals surface area contributed by atoms with Crippen LogP contribution in [-0.2, 0) is 0 Å². The van der Waals surface area contributed by atoms with E-state index in [1.54, 1.807) is 6.20 Å². The van der Waals surface area contributed by atoms with Crippen molar-refractivity contribution in [2.75, 3.05) is 0 Å². The quantitative estimate of drug-likeness (QED) is 0.879. The highest BCUT2D eigenvalue weighted by molar-refractivity contribution is 9.10. The molecule has 0 heterocycles. The molecular formula is C14H17BrN2O. The van der Waals surface area contributed by atoms with Crippen molar-refractivity contribution in [3.63, 3.8) is 0 Å². The maximum Gasteiger partial charge on any atom is 0.318 e. The van der Waals surface area contributed by atoms with Crippen LogP contribution in [0, 0.1) is 0 Å². The number of urea groups is 1. The summed E-state index contributed by atoms with van der Waals surface area (Å²) >= 11 is 3.45. The minimum atomic E-state index is -0.120. The van der Waals surface area contributed by atoms with Gasteiger partial charge in [-0.05, 0) is 30.5 Å². The molecule has 1 aliphatic carbocycles. The summed E-state index contributed by atoms with van der Waals surface area (Å²) in [5, 5.41) is 5.70. The fourth-order valence-electron chi connectivity index (χ4n) is 2.11. The number of carbonyl (C=O) groups excluding carboxylic acids is 1. The van der Waals surface area contributed by atoms with Crippen LogP contribution < -0.4 is 10.6 Å². The molecule has 0 bridgehead atoms. The molecule has 0 spiro atoms. The lowest BCUT2D eigenvalue weighted by Gasteiger charge is -2.10. The van der Waals surface area contributed by atoms with Crippen LogP contribution in [-0.4, -0.2) is 12.1 Å². The molecule has 0 atom stereocenters. The summed E-state index contributed by atoms with van der Waals surface area (Å²) in [6, 6.07) is 8.10. The van der Waals surface area contributed by atoms with Gasteiger partial charge in [-0.25, -0.2) is 4.79 Å². The molecular weight excluding hydrogens is 292 g/mol. The van der Waals surface area contributed by atoms with E-state index in [4.69, 9.17) is 0 Å². The first-order chi connectivity index (χ1) is 8.75. The van der Waals surface area contributed by atoms with Gasteiger partial charge in [0.25, 0.3) is 0 Å². The lowest BCUT2D eigenvalue weighted by atomic mass is 10.2. The van der Waals surface area contributed by atoms with Crippen molar-refractivity contribution in [3.8, 4) is 0 Å². The van der Waals surface area contributed by atoms with Crippen LogP contribution in [0.4, 0.5) is 4.79 Å². The number of carbonyl (C=O) groups is 1. The van der Waals surface area contributed by atoms with E-state index >= 15 is 0 Å². The molecule has 0 aromatic heterocycles. The molecule has 1 fully saturated rings. The third-order valence-electron chi connectivity index (χ3n) is 3.07. The number of nitrogens with one attached hydrogen (secondary N) is 2. The molecule has 1 aromatic carbocycles. The van der Waals surface area contributed by atoms with Crippen LogP contribution in [0.15, 0.2) is 34.9 Å². The lowest BCUT2D eigenvalue weighted by molar-refractivity contribution is 0.240. The highest BCUT2D eigenvalue weighted by Gasteiger charge is 2.16. The van der Waals surface area contributed by atoms with Crippen molar-refractivity contribution < 1.29 is 4.79 Å². The molecule has 2 N–H and O–H groups in total. The first-order valence-electron chi connectivity index (χ1n) is 6.24. The van der Waals surface area contributed by atoms with E-state index in [2.05, 4.69) is 26.6 Å². The molecule has 0 saturated heterocycles. The predicted octanol–water partition coefficient (Wildman–Crippen LogP) is 3.66. The van der Waals surface area contributed by atoms with Gasteiger partial charge in [-0.1, -0.05) is 47.0 Å². The van der Waals surface area contributed by atoms with E-state index in [0.29, 0.717) is 6.04 Å². The average Bonchev–Trinajstić information content (AvgIpc) is 2.84. The standard InChI is InChI=1S/C14H17BrN2O/c15-13-8-4-1-5-11(13)9-10-16-14(18)17-12-6-2-3-7-12/h1,4-5,8-10,12H,2-3,6-7H2,(H2,16,17,18)/b10-9+. The zero-order valence-electron chi connectivity index (χ0n) is 10.2. The van der Waals surface area contributed by atoms with E-state index in [1.807, 2.05) is 30.3 Å². The Labute approximate surface area is 116 Å². The van der Waals surface area contributed by atoms with Crippen molar-refractivity contribution in [2.45, 2.75) is 31.7 Å². The lowest BCUT2D eigenvalue weighted by Crippen LogP contribution is -2.38. The first kappa shape index (κ1) is 13.1. The van der Waals surface area contributed by atoms with Gasteiger partial charge in [-0.15, -0.1) is 0 Å². The Morgan fingerprint density at radius 3 is 2.72 bits per heavy atom. The van der Waals surface area contributed by atoms with Gasteiger partial charge >= 0.3 is 6.03 Å². The topological polar surface area (TPSA) is 41.1 Å². The number of hydrogen-bond acceptors (Lipinski definition) is 1. The molecule has 3 nitrogen and oxygen atoms in total. The molecule has 2 rings (SSSR count). The summed E-state index contributed by atoms with van der Waals surface area (Å²) in [5.74, 6) is 0. The summed E-state index contributed by atoms with van der Waals surface area (Å²) in [7, 11) is 0. The fraction of sp³-hybridized carbons (Fsp3) is 0.357. The SMILES string of the molecule is O=C(N/C=C/c1ccccc1Br)NC1CCCC1. The summed E-state index contributed by atoms with van der Waals surface area (Å²) in [5.41, 5.74) is 1.04. The van der Waals surface area contributed by atoms with E-state index in [-0.39, 0.29) is 6.03 Å². The van der Waals surface area contributed by atoms with Crippen LogP contribution in [0.2, 0.25) is 0 Å². The molecule has 0 unspecified atom stereocenters. The van der Waals surface area contributed by atoms with Crippen LogP contribution in [0.5, 0.6) is 0 Å². The van der Waals surface area contributed by atoms with Gasteiger partial charge in [-0.2, -0.15) is 0 Å². The highest BCUT2D eigenvalue weighted by atomic mass is 79.9. The van der Waals surface area contributed by atoms with Gasteiger partial charge in [0.05, 0.1) is 0 Å². The number of hydrogen-bond donors (Lipinski definition) is 2. The summed E-state index contributed by atoms with van der Waals surface area (Å²) in [4.78, 5) is 11.6. The van der Waals surface area contributed by atoms with Crippen LogP contribution in [0.3, 0.4) is 0 Å². The van der Waals surface area contributed by atoms with Crippen LogP contribution in [0.1, 0.15) is 31.2 Å². The smallest absolute Gasteiger partial charge is 0.318 e. The molecule has 1 aliphatic rings. The Morgan fingerprint density at radius 1 is 1.28 bits per heavy atom. The van der Waals surface area contributed by atoms with Crippen LogP contribution in [0.25, 0.3) is 6.08 Å². The van der Waals surface area contributed by atoms with Crippen molar-refractivity contribution >= 4 is 28.0 Å². The molecule has 4 heteroatoms. The van der Waals surface area contributed by atoms with Gasteiger partial charge in [0, 0.05) is 16.7 Å². The zero-order valence-corrected chi connectivity index (χ0v) is 11.7. The minimum absolute atomic E-state index is 0.120.